The topological polar surface area (TPSA) is 147 Å². The van der Waals surface area contributed by atoms with Gasteiger partial charge in [-0.3, -0.25) is 4.79 Å². The minimum Gasteiger partial charge on any atom is -0.480 e. The highest BCUT2D eigenvalue weighted by Crippen LogP contribution is 2.34. The van der Waals surface area contributed by atoms with Crippen LogP contribution >= 0.6 is 11.3 Å². The first kappa shape index (κ1) is 32.1. The van der Waals surface area contributed by atoms with Crippen LogP contribution in [0.15, 0.2) is 34.8 Å². The number of fused-ring (bicyclic) bond motifs is 1. The molecule has 1 aliphatic rings. The van der Waals surface area contributed by atoms with E-state index < -0.39 is 27.8 Å². The number of carboxylic acid groups (broad SMARTS) is 1. The molecule has 1 saturated heterocycles. The van der Waals surface area contributed by atoms with Gasteiger partial charge in [0.05, 0.1) is 12.7 Å². The van der Waals surface area contributed by atoms with Gasteiger partial charge in [0.15, 0.2) is 15.0 Å². The summed E-state index contributed by atoms with van der Waals surface area (Å²) in [7, 11) is -3.30. The number of pyridine rings is 1. The predicted molar refractivity (Wildman–Crippen MR) is 155 cm³/mol. The molecule has 0 radical (unpaired) electrons. The fourth-order valence-corrected chi connectivity index (χ4v) is 6.08. The number of carboxylic acids is 1. The fourth-order valence-electron chi connectivity index (χ4n) is 4.33. The molecule has 0 bridgehead atoms. The van der Waals surface area contributed by atoms with Gasteiger partial charge < -0.3 is 20.6 Å². The number of halogens is 2. The van der Waals surface area contributed by atoms with Crippen molar-refractivity contribution in [1.82, 2.24) is 14.9 Å². The molecule has 2 aromatic heterocycles. The second kappa shape index (κ2) is 13.1. The smallest absolute Gasteiger partial charge is 0.326 e. The van der Waals surface area contributed by atoms with Gasteiger partial charge in [0.2, 0.25) is 6.41 Å². The molecule has 3 aromatic rings. The van der Waals surface area contributed by atoms with E-state index in [2.05, 4.69) is 9.97 Å². The molecule has 10 nitrogen and oxygen atoms in total. The number of thiazole rings is 1. The molecule has 1 aromatic carbocycles. The van der Waals surface area contributed by atoms with Crippen LogP contribution < -0.4 is 10.6 Å². The summed E-state index contributed by atoms with van der Waals surface area (Å²) in [6.45, 7) is 6.27. The van der Waals surface area contributed by atoms with Crippen LogP contribution in [-0.4, -0.2) is 78.6 Å². The van der Waals surface area contributed by atoms with E-state index in [1.165, 1.54) is 16.0 Å². The van der Waals surface area contributed by atoms with Gasteiger partial charge in [0.25, 0.3) is 5.92 Å². The lowest BCUT2D eigenvalue weighted by atomic mass is 9.96. The summed E-state index contributed by atoms with van der Waals surface area (Å²) in [5.41, 5.74) is 7.73. The maximum absolute atomic E-state index is 12.9. The lowest BCUT2D eigenvalue weighted by Crippen LogP contribution is -2.42. The minimum atomic E-state index is -3.30. The summed E-state index contributed by atoms with van der Waals surface area (Å²) in [6, 6.07) is 4.82. The molecule has 1 fully saturated rings. The highest BCUT2D eigenvalue weighted by molar-refractivity contribution is 7.92. The van der Waals surface area contributed by atoms with Crippen LogP contribution in [0.2, 0.25) is 0 Å². The van der Waals surface area contributed by atoms with E-state index in [0.717, 1.165) is 45.9 Å². The van der Waals surface area contributed by atoms with Crippen molar-refractivity contribution >= 4 is 55.3 Å². The molecular weight excluding hydrogens is 576 g/mol. The van der Waals surface area contributed by atoms with Crippen molar-refractivity contribution in [2.24, 2.45) is 5.92 Å². The molecule has 41 heavy (non-hydrogen) atoms. The zero-order valence-corrected chi connectivity index (χ0v) is 25.0. The Balaban J connectivity index is 0.000000248. The van der Waals surface area contributed by atoms with E-state index in [0.29, 0.717) is 29.8 Å². The summed E-state index contributed by atoms with van der Waals surface area (Å²) in [6.07, 6.45) is 5.37. The zero-order valence-electron chi connectivity index (χ0n) is 23.4. The summed E-state index contributed by atoms with van der Waals surface area (Å²) in [5, 5.41) is 11.7. The Labute approximate surface area is 242 Å². The van der Waals surface area contributed by atoms with Gasteiger partial charge in [0.1, 0.15) is 16.1 Å². The first-order valence-electron chi connectivity index (χ1n) is 13.0. The van der Waals surface area contributed by atoms with Crippen molar-refractivity contribution < 1.29 is 31.9 Å². The van der Waals surface area contributed by atoms with E-state index >= 15 is 0 Å². The van der Waals surface area contributed by atoms with Crippen LogP contribution in [0, 0.1) is 12.8 Å². The predicted octanol–water partition coefficient (Wildman–Crippen LogP) is 4.02. The maximum Gasteiger partial charge on any atom is 0.326 e. The number of nitrogens with two attached hydrogens (primary N) is 1. The Kier molecular flexibility index (Phi) is 10.2. The number of nitrogen functional groups attached to an aromatic ring is 1. The number of amides is 1. The average Bonchev–Trinajstić information content (AvgIpc) is 3.51. The standard InChI is InChI=1S/C19H25N3O3.C8H10F2N2O2S2/c1-12(2)5-7-22(11-23)17(19(24)25)10-15-9-14-4-6-21-18(20)16(14)8-13(15)3;1-16(13,14)6-4-11-7(15-6)12-3-2-8(9,10)5-12/h4,6,8-9,11-12,17H,5,7,10H2,1-3H3,(H2,20,21)(H,24,25);4H,2-3,5H2,1H3. The number of hydrogen-bond acceptors (Lipinski definition) is 9. The van der Waals surface area contributed by atoms with Crippen LogP contribution in [0.4, 0.5) is 19.7 Å². The number of alkyl halides is 2. The Bertz CT molecular complexity index is 1500. The molecule has 1 aliphatic heterocycles. The van der Waals surface area contributed by atoms with Gasteiger partial charge >= 0.3 is 5.97 Å². The second-order valence-corrected chi connectivity index (χ2v) is 13.8. The summed E-state index contributed by atoms with van der Waals surface area (Å²) >= 11 is 0.931. The van der Waals surface area contributed by atoms with E-state index in [1.807, 2.05) is 39.0 Å². The first-order chi connectivity index (χ1) is 19.1. The molecule has 3 N–H and O–H groups in total. The number of aryl methyl sites for hydroxylation is 1. The highest BCUT2D eigenvalue weighted by atomic mass is 32.2. The number of aliphatic carboxylic acids is 1. The monoisotopic (exact) mass is 611 g/mol. The number of carbonyl (C=O) groups is 2. The van der Waals surface area contributed by atoms with Crippen LogP contribution in [0.3, 0.4) is 0 Å². The number of rotatable bonds is 10. The number of nitrogens with zero attached hydrogens (tertiary/aromatic N) is 4. The molecule has 0 aliphatic carbocycles. The van der Waals surface area contributed by atoms with E-state index in [-0.39, 0.29) is 30.1 Å². The Morgan fingerprint density at radius 1 is 1.32 bits per heavy atom. The van der Waals surface area contributed by atoms with Gasteiger partial charge in [-0.05, 0) is 47.9 Å². The van der Waals surface area contributed by atoms with Gasteiger partial charge in [-0.2, -0.15) is 0 Å². The molecule has 224 valence electrons. The first-order valence-corrected chi connectivity index (χ1v) is 15.7. The molecule has 1 unspecified atom stereocenters. The molecule has 0 spiro atoms. The van der Waals surface area contributed by atoms with Crippen molar-refractivity contribution in [3.05, 3.63) is 41.7 Å². The number of aromatic nitrogens is 2. The molecule has 4 rings (SSSR count). The lowest BCUT2D eigenvalue weighted by Gasteiger charge is -2.26. The van der Waals surface area contributed by atoms with E-state index in [9.17, 15) is 31.9 Å². The summed E-state index contributed by atoms with van der Waals surface area (Å²) in [5.74, 6) is -2.84. The number of benzene rings is 1. The molecule has 1 amide bonds. The highest BCUT2D eigenvalue weighted by Gasteiger charge is 2.39. The van der Waals surface area contributed by atoms with Crippen molar-refractivity contribution in [3.63, 3.8) is 0 Å². The Morgan fingerprint density at radius 2 is 2.02 bits per heavy atom. The van der Waals surface area contributed by atoms with Crippen molar-refractivity contribution in [2.45, 2.75) is 56.2 Å². The Morgan fingerprint density at radius 3 is 2.56 bits per heavy atom. The van der Waals surface area contributed by atoms with Crippen molar-refractivity contribution in [1.29, 1.82) is 0 Å². The number of anilines is 2. The third-order valence-electron chi connectivity index (χ3n) is 6.73. The largest absolute Gasteiger partial charge is 0.480 e. The van der Waals surface area contributed by atoms with Crippen LogP contribution in [-0.2, 0) is 25.8 Å². The van der Waals surface area contributed by atoms with Gasteiger partial charge in [-0.1, -0.05) is 31.3 Å². The second-order valence-electron chi connectivity index (χ2n) is 10.5. The van der Waals surface area contributed by atoms with E-state index in [4.69, 9.17) is 5.73 Å². The normalized spacial score (nSPS) is 15.4. The summed E-state index contributed by atoms with van der Waals surface area (Å²) in [4.78, 5) is 33.9. The van der Waals surface area contributed by atoms with Crippen LogP contribution in [0.5, 0.6) is 0 Å². The number of sulfone groups is 1. The molecular formula is C27H35F2N5O5S2. The van der Waals surface area contributed by atoms with Crippen LogP contribution in [0.25, 0.3) is 10.8 Å². The SMILES string of the molecule is CS(=O)(=O)c1cnc(N2CCC(F)(F)C2)s1.Cc1cc2c(N)nccc2cc1CC(C(=O)O)N(C=O)CCC(C)C. The van der Waals surface area contributed by atoms with Gasteiger partial charge in [-0.25, -0.2) is 32.0 Å². The number of carbonyl (C=O) groups excluding carboxylic acids is 1. The molecule has 1 atom stereocenters. The third-order valence-corrected chi connectivity index (χ3v) is 9.58. The van der Waals surface area contributed by atoms with Crippen molar-refractivity contribution in [2.75, 3.05) is 36.5 Å². The van der Waals surface area contributed by atoms with Crippen molar-refractivity contribution in [3.8, 4) is 0 Å². The molecule has 14 heteroatoms. The van der Waals surface area contributed by atoms with Crippen LogP contribution in [0.1, 0.15) is 37.8 Å². The van der Waals surface area contributed by atoms with E-state index in [1.54, 1.807) is 6.20 Å². The molecule has 0 saturated carbocycles. The lowest BCUT2D eigenvalue weighted by molar-refractivity contribution is -0.146. The third kappa shape index (κ3) is 8.55. The zero-order chi connectivity index (χ0) is 30.5. The average molecular weight is 612 g/mol. The van der Waals surface area contributed by atoms with Gasteiger partial charge in [-0.15, -0.1) is 0 Å². The fraction of sp³-hybridized carbons (Fsp3) is 0.481. The Hall–Kier alpha value is -3.39. The number of hydrogen-bond donors (Lipinski definition) is 2. The quantitative estimate of drug-likeness (QED) is 0.325. The van der Waals surface area contributed by atoms with Gasteiger partial charge in [0, 0.05) is 43.8 Å². The minimum absolute atomic E-state index is 0.109. The maximum atomic E-state index is 12.9. The summed E-state index contributed by atoms with van der Waals surface area (Å²) < 4.78 is 48.4. The molecule has 3 heterocycles.